The lowest BCUT2D eigenvalue weighted by molar-refractivity contribution is 0.304. The first-order valence-corrected chi connectivity index (χ1v) is 7.77. The zero-order valence-electron chi connectivity index (χ0n) is 11.3. The Kier molecular flexibility index (Phi) is 8.25. The molecule has 0 spiro atoms. The molecule has 1 unspecified atom stereocenters. The van der Waals surface area contributed by atoms with Crippen LogP contribution in [0.4, 0.5) is 0 Å². The second-order valence-corrected chi connectivity index (χ2v) is 4.99. The van der Waals surface area contributed by atoms with Crippen LogP contribution in [0.25, 0.3) is 0 Å². The summed E-state index contributed by atoms with van der Waals surface area (Å²) in [4.78, 5) is 0. The van der Waals surface area contributed by atoms with Crippen LogP contribution in [0.15, 0.2) is 24.3 Å². The summed E-state index contributed by atoms with van der Waals surface area (Å²) in [6.07, 6.45) is 7.42. The summed E-state index contributed by atoms with van der Waals surface area (Å²) in [6.45, 7) is 2.92. The maximum Gasteiger partial charge on any atom is 0.357 e. The second-order valence-electron chi connectivity index (χ2n) is 4.39. The highest BCUT2D eigenvalue weighted by atomic mass is 32.2. The van der Waals surface area contributed by atoms with Gasteiger partial charge in [0.05, 0.1) is 6.61 Å². The fourth-order valence-corrected chi connectivity index (χ4v) is 2.02. The molecule has 0 aliphatic carbocycles. The Hall–Kier alpha value is -1.07. The summed E-state index contributed by atoms with van der Waals surface area (Å²) in [5, 5.41) is 0. The van der Waals surface area contributed by atoms with Crippen LogP contribution < -0.4 is 8.92 Å². The maximum atomic E-state index is 10.4. The fraction of sp³-hybridized carbons (Fsp3) is 0.571. The Balaban J connectivity index is 2.14. The number of benzene rings is 1. The molecular formula is C14H22O4S. The molecule has 4 nitrogen and oxygen atoms in total. The zero-order chi connectivity index (χ0) is 13.9. The minimum Gasteiger partial charge on any atom is -0.494 e. The van der Waals surface area contributed by atoms with Crippen LogP contribution in [0.3, 0.4) is 0 Å². The minimum atomic E-state index is -2.28. The largest absolute Gasteiger partial charge is 0.494 e. The lowest BCUT2D eigenvalue weighted by atomic mass is 10.1. The van der Waals surface area contributed by atoms with Crippen molar-refractivity contribution < 1.29 is 17.7 Å². The van der Waals surface area contributed by atoms with Gasteiger partial charge in [0.1, 0.15) is 11.5 Å². The molecule has 0 radical (unpaired) electrons. The summed E-state index contributed by atoms with van der Waals surface area (Å²) in [5.74, 6) is 1.11. The number of hydrogen-bond donors (Lipinski definition) is 1. The van der Waals surface area contributed by atoms with E-state index in [1.165, 1.54) is 32.1 Å². The maximum absolute atomic E-state index is 10.4. The third-order valence-corrected chi connectivity index (χ3v) is 3.09. The van der Waals surface area contributed by atoms with Gasteiger partial charge in [-0.2, -0.15) is 4.21 Å². The van der Waals surface area contributed by atoms with Crippen LogP contribution >= 0.6 is 0 Å². The van der Waals surface area contributed by atoms with E-state index in [1.807, 2.05) is 0 Å². The first kappa shape index (κ1) is 16.0. The Labute approximate surface area is 117 Å². The van der Waals surface area contributed by atoms with E-state index in [0.29, 0.717) is 12.4 Å². The Bertz CT molecular complexity index is 364. The number of hydrogen-bond acceptors (Lipinski definition) is 3. The molecule has 1 atom stereocenters. The van der Waals surface area contributed by atoms with Crippen molar-refractivity contribution in [1.82, 2.24) is 0 Å². The Morgan fingerprint density at radius 2 is 1.58 bits per heavy atom. The van der Waals surface area contributed by atoms with E-state index < -0.39 is 11.4 Å². The third kappa shape index (κ3) is 7.85. The van der Waals surface area contributed by atoms with Crippen molar-refractivity contribution in [2.75, 3.05) is 6.61 Å². The molecule has 1 aromatic rings. The van der Waals surface area contributed by atoms with Crippen molar-refractivity contribution in [2.45, 2.75) is 45.4 Å². The van der Waals surface area contributed by atoms with Gasteiger partial charge in [0, 0.05) is 0 Å². The Morgan fingerprint density at radius 3 is 2.21 bits per heavy atom. The van der Waals surface area contributed by atoms with Gasteiger partial charge in [-0.25, -0.2) is 0 Å². The molecule has 0 aliphatic heterocycles. The summed E-state index contributed by atoms with van der Waals surface area (Å²) in [7, 11) is 0. The molecule has 1 aromatic carbocycles. The normalized spacial score (nSPS) is 12.1. The number of unbranched alkanes of at least 4 members (excludes halogenated alkanes) is 5. The van der Waals surface area contributed by atoms with Crippen molar-refractivity contribution in [1.29, 1.82) is 0 Å². The summed E-state index contributed by atoms with van der Waals surface area (Å²) in [5.41, 5.74) is 0. The lowest BCUT2D eigenvalue weighted by Gasteiger charge is -2.06. The quantitative estimate of drug-likeness (QED) is 0.523. The van der Waals surface area contributed by atoms with E-state index in [4.69, 9.17) is 9.29 Å². The molecular weight excluding hydrogens is 264 g/mol. The smallest absolute Gasteiger partial charge is 0.357 e. The molecule has 0 fully saturated rings. The summed E-state index contributed by atoms with van der Waals surface area (Å²) < 4.78 is 29.2. The number of ether oxygens (including phenoxy) is 1. The minimum absolute atomic E-state index is 0.354. The van der Waals surface area contributed by atoms with Crippen molar-refractivity contribution in [3.05, 3.63) is 24.3 Å². The molecule has 0 amide bonds. The van der Waals surface area contributed by atoms with Crippen LogP contribution in [-0.4, -0.2) is 15.4 Å². The van der Waals surface area contributed by atoms with Crippen LogP contribution in [0, 0.1) is 0 Å². The van der Waals surface area contributed by atoms with Gasteiger partial charge in [0.25, 0.3) is 0 Å². The first-order valence-electron chi connectivity index (χ1n) is 6.74. The van der Waals surface area contributed by atoms with E-state index in [1.54, 1.807) is 24.3 Å². The second kappa shape index (κ2) is 9.81. The van der Waals surface area contributed by atoms with Gasteiger partial charge in [0.2, 0.25) is 0 Å². The van der Waals surface area contributed by atoms with Gasteiger partial charge in [0.15, 0.2) is 0 Å². The van der Waals surface area contributed by atoms with Crippen LogP contribution in [0.2, 0.25) is 0 Å². The van der Waals surface area contributed by atoms with Gasteiger partial charge < -0.3 is 8.92 Å². The van der Waals surface area contributed by atoms with Crippen LogP contribution in [-0.2, 0) is 11.4 Å². The highest BCUT2D eigenvalue weighted by Crippen LogP contribution is 2.18. The fourth-order valence-electron chi connectivity index (χ4n) is 1.75. The van der Waals surface area contributed by atoms with Crippen molar-refractivity contribution in [2.24, 2.45) is 0 Å². The molecule has 1 rings (SSSR count). The molecule has 19 heavy (non-hydrogen) atoms. The Morgan fingerprint density at radius 1 is 1.00 bits per heavy atom. The van der Waals surface area contributed by atoms with Gasteiger partial charge in [-0.3, -0.25) is 4.55 Å². The van der Waals surface area contributed by atoms with Crippen LogP contribution in [0.5, 0.6) is 11.5 Å². The molecule has 0 heterocycles. The molecule has 0 saturated carbocycles. The SMILES string of the molecule is CCCCCCCCOc1ccc(OS(=O)O)cc1. The molecule has 0 saturated heterocycles. The van der Waals surface area contributed by atoms with Gasteiger partial charge in [-0.05, 0) is 30.7 Å². The standard InChI is InChI=1S/C14H22O4S/c1-2-3-4-5-6-7-12-17-13-8-10-14(11-9-13)18-19(15)16/h8-11H,2-7,12H2,1H3,(H,15,16). The van der Waals surface area contributed by atoms with Gasteiger partial charge in [-0.15, -0.1) is 0 Å². The van der Waals surface area contributed by atoms with Crippen molar-refractivity contribution >= 4 is 11.4 Å². The highest BCUT2D eigenvalue weighted by molar-refractivity contribution is 7.74. The molecule has 0 bridgehead atoms. The summed E-state index contributed by atoms with van der Waals surface area (Å²) >= 11 is -2.28. The predicted octanol–water partition coefficient (Wildman–Crippen LogP) is 3.94. The topological polar surface area (TPSA) is 55.8 Å². The van der Waals surface area contributed by atoms with Crippen molar-refractivity contribution in [3.63, 3.8) is 0 Å². The average molecular weight is 286 g/mol. The predicted molar refractivity (Wildman–Crippen MR) is 76.7 cm³/mol. The summed E-state index contributed by atoms with van der Waals surface area (Å²) in [6, 6.07) is 6.70. The molecule has 5 heteroatoms. The monoisotopic (exact) mass is 286 g/mol. The lowest BCUT2D eigenvalue weighted by Crippen LogP contribution is -1.99. The molecule has 0 aromatic heterocycles. The van der Waals surface area contributed by atoms with E-state index in [2.05, 4.69) is 11.1 Å². The van der Waals surface area contributed by atoms with Gasteiger partial charge >= 0.3 is 11.4 Å². The first-order chi connectivity index (χ1) is 9.22. The number of rotatable bonds is 10. The van der Waals surface area contributed by atoms with E-state index in [0.717, 1.165) is 12.2 Å². The van der Waals surface area contributed by atoms with Crippen LogP contribution in [0.1, 0.15) is 45.4 Å². The molecule has 108 valence electrons. The molecule has 1 N–H and O–H groups in total. The van der Waals surface area contributed by atoms with E-state index >= 15 is 0 Å². The third-order valence-electron chi connectivity index (χ3n) is 2.76. The average Bonchev–Trinajstić information content (AvgIpc) is 2.39. The van der Waals surface area contributed by atoms with Crippen molar-refractivity contribution in [3.8, 4) is 11.5 Å². The van der Waals surface area contributed by atoms with E-state index in [-0.39, 0.29) is 0 Å². The van der Waals surface area contributed by atoms with E-state index in [9.17, 15) is 4.21 Å². The van der Waals surface area contributed by atoms with Gasteiger partial charge in [-0.1, -0.05) is 39.0 Å². The molecule has 0 aliphatic rings. The highest BCUT2D eigenvalue weighted by Gasteiger charge is 1.99. The zero-order valence-corrected chi connectivity index (χ0v) is 12.2.